The highest BCUT2D eigenvalue weighted by molar-refractivity contribution is 5.76. The molecule has 1 heterocycles. The minimum atomic E-state index is -1.12. The van der Waals surface area contributed by atoms with Crippen molar-refractivity contribution in [3.05, 3.63) is 103 Å². The number of rotatable bonds is 4. The zero-order valence-electron chi connectivity index (χ0n) is 16.4. The summed E-state index contributed by atoms with van der Waals surface area (Å²) in [5.41, 5.74) is 6.64. The van der Waals surface area contributed by atoms with E-state index in [2.05, 4.69) is 60.7 Å². The van der Waals surface area contributed by atoms with Gasteiger partial charge < -0.3 is 10.2 Å². The van der Waals surface area contributed by atoms with Gasteiger partial charge >= 0.3 is 0 Å². The molecule has 4 rings (SSSR count). The molecule has 2 N–H and O–H groups in total. The first kappa shape index (κ1) is 20.5. The third-order valence-corrected chi connectivity index (χ3v) is 4.44. The van der Waals surface area contributed by atoms with E-state index in [1.807, 2.05) is 42.5 Å². The Morgan fingerprint density at radius 2 is 0.931 bits per heavy atom. The summed E-state index contributed by atoms with van der Waals surface area (Å²) in [5, 5.41) is 15.8. The number of hydrogen-bond donors (Lipinski definition) is 2. The lowest BCUT2D eigenvalue weighted by Crippen LogP contribution is -1.99. The fourth-order valence-electron chi connectivity index (χ4n) is 2.84. The number of aromatic nitrogens is 1. The minimum Gasteiger partial charge on any atom is -0.368 e. The lowest BCUT2D eigenvalue weighted by molar-refractivity contribution is -0.0413. The maximum atomic E-state index is 7.92. The van der Waals surface area contributed by atoms with Gasteiger partial charge in [-0.1, -0.05) is 97.9 Å². The van der Waals surface area contributed by atoms with Crippen LogP contribution in [0.25, 0.3) is 33.6 Å². The van der Waals surface area contributed by atoms with Crippen LogP contribution in [-0.2, 0) is 0 Å². The fraction of sp³-hybridized carbons (Fsp3) is 0.115. The molecule has 0 spiro atoms. The molecule has 0 aliphatic carbocycles. The van der Waals surface area contributed by atoms with Crippen molar-refractivity contribution in [1.29, 1.82) is 0 Å². The highest BCUT2D eigenvalue weighted by atomic mass is 16.5. The zero-order valence-corrected chi connectivity index (χ0v) is 16.4. The molecule has 3 aromatic carbocycles. The minimum absolute atomic E-state index is 0.417. The topological polar surface area (TPSA) is 53.4 Å². The smallest absolute Gasteiger partial charge is 0.151 e. The zero-order chi connectivity index (χ0) is 20.5. The second-order valence-corrected chi connectivity index (χ2v) is 6.61. The molecule has 29 heavy (non-hydrogen) atoms. The molecule has 0 atom stereocenters. The van der Waals surface area contributed by atoms with Crippen LogP contribution < -0.4 is 0 Å². The van der Waals surface area contributed by atoms with Crippen molar-refractivity contribution in [2.75, 3.05) is 0 Å². The van der Waals surface area contributed by atoms with Gasteiger partial charge in [0.1, 0.15) is 0 Å². The first-order chi connectivity index (χ1) is 14.2. The van der Waals surface area contributed by atoms with Gasteiger partial charge in [0.2, 0.25) is 0 Å². The molecule has 0 saturated heterocycles. The molecular formula is C26H25NO2. The third-order valence-electron chi connectivity index (χ3n) is 4.44. The van der Waals surface area contributed by atoms with Crippen LogP contribution in [0.4, 0.5) is 0 Å². The van der Waals surface area contributed by atoms with E-state index in [0.29, 0.717) is 6.42 Å². The molecule has 3 heteroatoms. The van der Waals surface area contributed by atoms with Crippen LogP contribution in [0, 0.1) is 0 Å². The Balaban J connectivity index is 0.000000431. The van der Waals surface area contributed by atoms with E-state index in [-0.39, 0.29) is 0 Å². The van der Waals surface area contributed by atoms with E-state index in [9.17, 15) is 0 Å². The van der Waals surface area contributed by atoms with Crippen LogP contribution in [-0.4, -0.2) is 21.5 Å². The van der Waals surface area contributed by atoms with Crippen LogP contribution >= 0.6 is 0 Å². The Labute approximate surface area is 172 Å². The van der Waals surface area contributed by atoms with Gasteiger partial charge in [0.15, 0.2) is 6.29 Å². The molecule has 4 aromatic rings. The van der Waals surface area contributed by atoms with E-state index < -0.39 is 6.29 Å². The summed E-state index contributed by atoms with van der Waals surface area (Å²) < 4.78 is 0. The van der Waals surface area contributed by atoms with E-state index in [1.165, 1.54) is 11.1 Å². The highest BCUT2D eigenvalue weighted by Gasteiger charge is 2.08. The molecule has 0 fully saturated rings. The van der Waals surface area contributed by atoms with E-state index in [0.717, 1.165) is 22.5 Å². The summed E-state index contributed by atoms with van der Waals surface area (Å²) in [7, 11) is 0. The van der Waals surface area contributed by atoms with Gasteiger partial charge in [0, 0.05) is 11.1 Å². The Hall–Kier alpha value is -3.27. The van der Waals surface area contributed by atoms with Crippen molar-refractivity contribution in [3.8, 4) is 33.6 Å². The van der Waals surface area contributed by atoms with E-state index >= 15 is 0 Å². The summed E-state index contributed by atoms with van der Waals surface area (Å²) in [5.74, 6) is 0. The molecule has 1 aromatic heterocycles. The molecule has 3 nitrogen and oxygen atoms in total. The Bertz CT molecular complexity index is 861. The largest absolute Gasteiger partial charge is 0.368 e. The van der Waals surface area contributed by atoms with Crippen LogP contribution in [0.3, 0.4) is 0 Å². The molecule has 0 aliphatic heterocycles. The lowest BCUT2D eigenvalue weighted by Gasteiger charge is -2.10. The predicted molar refractivity (Wildman–Crippen MR) is 119 cm³/mol. The third kappa shape index (κ3) is 5.85. The molecule has 0 radical (unpaired) electrons. The molecule has 0 saturated carbocycles. The molecule has 0 bridgehead atoms. The second-order valence-electron chi connectivity index (χ2n) is 6.61. The van der Waals surface area contributed by atoms with Gasteiger partial charge in [-0.2, -0.15) is 0 Å². The lowest BCUT2D eigenvalue weighted by atomic mass is 10.00. The van der Waals surface area contributed by atoms with Crippen molar-refractivity contribution >= 4 is 0 Å². The van der Waals surface area contributed by atoms with Gasteiger partial charge in [-0.25, -0.2) is 4.98 Å². The van der Waals surface area contributed by atoms with Gasteiger partial charge in [-0.15, -0.1) is 0 Å². The molecular weight excluding hydrogens is 358 g/mol. The SMILES string of the molecule is CCC(O)O.c1ccc(-c2cc(-c3ccccc3)nc(-c3ccccc3)c2)cc1. The predicted octanol–water partition coefficient (Wildman–Crippen LogP) is 5.79. The number of pyridine rings is 1. The normalized spacial score (nSPS) is 10.3. The highest BCUT2D eigenvalue weighted by Crippen LogP contribution is 2.29. The average Bonchev–Trinajstić information content (AvgIpc) is 2.81. The number of hydrogen-bond acceptors (Lipinski definition) is 3. The summed E-state index contributed by atoms with van der Waals surface area (Å²) in [6, 6.07) is 35.5. The van der Waals surface area contributed by atoms with Crippen molar-refractivity contribution < 1.29 is 10.2 Å². The summed E-state index contributed by atoms with van der Waals surface area (Å²) in [6.45, 7) is 1.70. The van der Waals surface area contributed by atoms with E-state index in [1.54, 1.807) is 6.92 Å². The molecule has 146 valence electrons. The van der Waals surface area contributed by atoms with Crippen LogP contribution in [0.1, 0.15) is 13.3 Å². The Morgan fingerprint density at radius 3 is 1.28 bits per heavy atom. The van der Waals surface area contributed by atoms with Crippen LogP contribution in [0.15, 0.2) is 103 Å². The number of aliphatic hydroxyl groups is 2. The van der Waals surface area contributed by atoms with Crippen molar-refractivity contribution in [2.45, 2.75) is 19.6 Å². The molecule has 0 aliphatic rings. The Kier molecular flexibility index (Phi) is 7.28. The fourth-order valence-corrected chi connectivity index (χ4v) is 2.84. The summed E-state index contributed by atoms with van der Waals surface area (Å²) in [4.78, 5) is 4.90. The quantitative estimate of drug-likeness (QED) is 0.439. The van der Waals surface area contributed by atoms with Crippen molar-refractivity contribution in [2.24, 2.45) is 0 Å². The summed E-state index contributed by atoms with van der Waals surface area (Å²) in [6.07, 6.45) is -0.699. The Morgan fingerprint density at radius 1 is 0.586 bits per heavy atom. The van der Waals surface area contributed by atoms with Crippen LogP contribution in [0.5, 0.6) is 0 Å². The second kappa shape index (κ2) is 10.3. The maximum Gasteiger partial charge on any atom is 0.151 e. The van der Waals surface area contributed by atoms with Crippen molar-refractivity contribution in [3.63, 3.8) is 0 Å². The van der Waals surface area contributed by atoms with Gasteiger partial charge in [-0.3, -0.25) is 0 Å². The van der Waals surface area contributed by atoms with E-state index in [4.69, 9.17) is 15.2 Å². The number of nitrogens with zero attached hydrogens (tertiary/aromatic N) is 1. The first-order valence-electron chi connectivity index (χ1n) is 9.72. The monoisotopic (exact) mass is 383 g/mol. The number of aliphatic hydroxyl groups excluding tert-OH is 1. The van der Waals surface area contributed by atoms with Gasteiger partial charge in [0.25, 0.3) is 0 Å². The maximum absolute atomic E-state index is 7.92. The standard InChI is InChI=1S/C23H17N.C3H8O2/c1-4-10-18(11-5-1)21-16-22(19-12-6-2-7-13-19)24-23(17-21)20-14-8-3-9-15-20;1-2-3(4)5/h1-17H;3-5H,2H2,1H3. The van der Waals surface area contributed by atoms with Crippen LogP contribution in [0.2, 0.25) is 0 Å². The first-order valence-corrected chi connectivity index (χ1v) is 9.72. The van der Waals surface area contributed by atoms with Gasteiger partial charge in [-0.05, 0) is 29.7 Å². The molecule has 0 amide bonds. The average molecular weight is 383 g/mol. The van der Waals surface area contributed by atoms with Crippen molar-refractivity contribution in [1.82, 2.24) is 4.98 Å². The summed E-state index contributed by atoms with van der Waals surface area (Å²) >= 11 is 0. The molecule has 0 unspecified atom stereocenters. The number of benzene rings is 3. The van der Waals surface area contributed by atoms with Gasteiger partial charge in [0.05, 0.1) is 11.4 Å².